The van der Waals surface area contributed by atoms with Gasteiger partial charge in [-0.2, -0.15) is 0 Å². The maximum Gasteiger partial charge on any atom is 0.309 e. The van der Waals surface area contributed by atoms with Crippen molar-refractivity contribution in [2.75, 3.05) is 0 Å². The van der Waals surface area contributed by atoms with Crippen LogP contribution >= 0.6 is 0 Å². The minimum Gasteiger partial charge on any atom is -0.481 e. The van der Waals surface area contributed by atoms with Gasteiger partial charge in [0.25, 0.3) is 0 Å². The Bertz CT molecular complexity index is 330. The molecule has 0 amide bonds. The van der Waals surface area contributed by atoms with Crippen LogP contribution in [0, 0.1) is 17.8 Å². The molecule has 1 rings (SSSR count). The number of carbonyl (C=O) groups excluding carboxylic acids is 1. The molecule has 1 aliphatic carbocycles. The van der Waals surface area contributed by atoms with Crippen molar-refractivity contribution >= 4 is 11.9 Å². The molecular formula is C17H30O4. The lowest BCUT2D eigenvalue weighted by Gasteiger charge is -2.26. The van der Waals surface area contributed by atoms with Crippen molar-refractivity contribution in [3.05, 3.63) is 0 Å². The minimum absolute atomic E-state index is 0.0217. The summed E-state index contributed by atoms with van der Waals surface area (Å²) < 4.78 is 5.63. The Hall–Kier alpha value is -1.06. The van der Waals surface area contributed by atoms with Crippen LogP contribution < -0.4 is 0 Å². The van der Waals surface area contributed by atoms with Gasteiger partial charge in [-0.3, -0.25) is 9.59 Å². The summed E-state index contributed by atoms with van der Waals surface area (Å²) in [6.45, 7) is 6.45. The molecule has 1 N–H and O–H groups in total. The predicted molar refractivity (Wildman–Crippen MR) is 81.9 cm³/mol. The van der Waals surface area contributed by atoms with Crippen molar-refractivity contribution in [3.63, 3.8) is 0 Å². The smallest absolute Gasteiger partial charge is 0.309 e. The second-order valence-electron chi connectivity index (χ2n) is 6.68. The Morgan fingerprint density at radius 3 is 2.14 bits per heavy atom. The monoisotopic (exact) mass is 298 g/mol. The van der Waals surface area contributed by atoms with Crippen molar-refractivity contribution in [2.24, 2.45) is 17.8 Å². The van der Waals surface area contributed by atoms with E-state index in [1.54, 1.807) is 0 Å². The fourth-order valence-corrected chi connectivity index (χ4v) is 2.94. The third-order valence-electron chi connectivity index (χ3n) is 4.46. The SMILES string of the molecule is CCC(CCCC(C)C)OC(=O)C1CCC(C(=O)O)CC1. The summed E-state index contributed by atoms with van der Waals surface area (Å²) >= 11 is 0. The van der Waals surface area contributed by atoms with Crippen LogP contribution in [0.25, 0.3) is 0 Å². The molecule has 4 nitrogen and oxygen atoms in total. The summed E-state index contributed by atoms with van der Waals surface area (Å²) in [5, 5.41) is 8.97. The number of hydrogen-bond donors (Lipinski definition) is 1. The molecule has 0 aromatic rings. The molecule has 1 aliphatic rings. The molecule has 0 heterocycles. The van der Waals surface area contributed by atoms with Gasteiger partial charge in [0.2, 0.25) is 0 Å². The van der Waals surface area contributed by atoms with Crippen LogP contribution in [0.3, 0.4) is 0 Å². The van der Waals surface area contributed by atoms with Gasteiger partial charge < -0.3 is 9.84 Å². The first kappa shape index (κ1) is 18.0. The van der Waals surface area contributed by atoms with Gasteiger partial charge in [0, 0.05) is 0 Å². The largest absolute Gasteiger partial charge is 0.481 e. The number of carboxylic acid groups (broad SMARTS) is 1. The van der Waals surface area contributed by atoms with Crippen molar-refractivity contribution in [1.29, 1.82) is 0 Å². The van der Waals surface area contributed by atoms with E-state index < -0.39 is 5.97 Å². The van der Waals surface area contributed by atoms with E-state index in [0.29, 0.717) is 31.6 Å². The fourth-order valence-electron chi connectivity index (χ4n) is 2.94. The van der Waals surface area contributed by atoms with Crippen LogP contribution in [-0.4, -0.2) is 23.1 Å². The van der Waals surface area contributed by atoms with Crippen LogP contribution in [0.15, 0.2) is 0 Å². The zero-order chi connectivity index (χ0) is 15.8. The highest BCUT2D eigenvalue weighted by molar-refractivity contribution is 5.74. The van der Waals surface area contributed by atoms with Gasteiger partial charge in [-0.1, -0.05) is 27.2 Å². The predicted octanol–water partition coefficient (Wildman–Crippen LogP) is 4.03. The fraction of sp³-hybridized carbons (Fsp3) is 0.882. The normalized spacial score (nSPS) is 23.8. The van der Waals surface area contributed by atoms with Gasteiger partial charge >= 0.3 is 11.9 Å². The van der Waals surface area contributed by atoms with E-state index in [-0.39, 0.29) is 23.9 Å². The first-order valence-electron chi connectivity index (χ1n) is 8.37. The number of carboxylic acids is 1. The van der Waals surface area contributed by atoms with Gasteiger partial charge in [0.15, 0.2) is 0 Å². The Balaban J connectivity index is 2.32. The summed E-state index contributed by atoms with van der Waals surface area (Å²) in [5.41, 5.74) is 0. The Morgan fingerprint density at radius 1 is 1.10 bits per heavy atom. The number of ether oxygens (including phenoxy) is 1. The van der Waals surface area contributed by atoms with Crippen LogP contribution in [0.1, 0.15) is 72.1 Å². The molecule has 0 aliphatic heterocycles. The van der Waals surface area contributed by atoms with Gasteiger partial charge in [-0.25, -0.2) is 0 Å². The van der Waals surface area contributed by atoms with E-state index in [1.165, 1.54) is 0 Å². The van der Waals surface area contributed by atoms with E-state index in [0.717, 1.165) is 25.7 Å². The standard InChI is InChI=1S/C17H30O4/c1-4-15(7-5-6-12(2)3)21-17(20)14-10-8-13(9-11-14)16(18)19/h12-15H,4-11H2,1-3H3,(H,18,19). The average molecular weight is 298 g/mol. The molecule has 0 saturated heterocycles. The highest BCUT2D eigenvalue weighted by Crippen LogP contribution is 2.30. The van der Waals surface area contributed by atoms with Crippen LogP contribution in [-0.2, 0) is 14.3 Å². The summed E-state index contributed by atoms with van der Waals surface area (Å²) in [6, 6.07) is 0. The lowest BCUT2D eigenvalue weighted by molar-refractivity contribution is -0.157. The second-order valence-corrected chi connectivity index (χ2v) is 6.68. The van der Waals surface area contributed by atoms with Gasteiger partial charge in [-0.05, 0) is 50.9 Å². The molecule has 0 spiro atoms. The molecule has 0 aromatic heterocycles. The Morgan fingerprint density at radius 2 is 1.67 bits per heavy atom. The third-order valence-corrected chi connectivity index (χ3v) is 4.46. The van der Waals surface area contributed by atoms with Crippen LogP contribution in [0.2, 0.25) is 0 Å². The summed E-state index contributed by atoms with van der Waals surface area (Å²) in [7, 11) is 0. The lowest BCUT2D eigenvalue weighted by atomic mass is 9.82. The highest BCUT2D eigenvalue weighted by Gasteiger charge is 2.31. The zero-order valence-electron chi connectivity index (χ0n) is 13.6. The molecule has 0 aromatic carbocycles. The Labute approximate surface area is 128 Å². The lowest BCUT2D eigenvalue weighted by Crippen LogP contribution is -2.29. The second kappa shape index (κ2) is 9.06. The zero-order valence-corrected chi connectivity index (χ0v) is 13.6. The molecule has 122 valence electrons. The number of aliphatic carboxylic acids is 1. The van der Waals surface area contributed by atoms with Crippen LogP contribution in [0.5, 0.6) is 0 Å². The molecule has 0 radical (unpaired) electrons. The summed E-state index contributed by atoms with van der Waals surface area (Å²) in [4.78, 5) is 23.1. The topological polar surface area (TPSA) is 63.6 Å². The number of hydrogen-bond acceptors (Lipinski definition) is 3. The number of rotatable bonds is 8. The number of carbonyl (C=O) groups is 2. The number of esters is 1. The van der Waals surface area contributed by atoms with Crippen molar-refractivity contribution in [3.8, 4) is 0 Å². The van der Waals surface area contributed by atoms with E-state index in [1.807, 2.05) is 0 Å². The Kier molecular flexibility index (Phi) is 7.76. The molecule has 1 fully saturated rings. The van der Waals surface area contributed by atoms with Crippen molar-refractivity contribution in [1.82, 2.24) is 0 Å². The molecule has 1 atom stereocenters. The van der Waals surface area contributed by atoms with E-state index in [9.17, 15) is 9.59 Å². The summed E-state index contributed by atoms with van der Waals surface area (Å²) in [6.07, 6.45) is 6.56. The highest BCUT2D eigenvalue weighted by atomic mass is 16.5. The third kappa shape index (κ3) is 6.49. The van der Waals surface area contributed by atoms with Crippen molar-refractivity contribution < 1.29 is 19.4 Å². The maximum atomic E-state index is 12.2. The quantitative estimate of drug-likeness (QED) is 0.687. The van der Waals surface area contributed by atoms with E-state index in [4.69, 9.17) is 9.84 Å². The molecule has 1 unspecified atom stereocenters. The molecule has 1 saturated carbocycles. The van der Waals surface area contributed by atoms with Gasteiger partial charge in [-0.15, -0.1) is 0 Å². The van der Waals surface area contributed by atoms with Gasteiger partial charge in [0.05, 0.1) is 11.8 Å². The van der Waals surface area contributed by atoms with Crippen LogP contribution in [0.4, 0.5) is 0 Å². The van der Waals surface area contributed by atoms with E-state index in [2.05, 4.69) is 20.8 Å². The van der Waals surface area contributed by atoms with Gasteiger partial charge in [0.1, 0.15) is 6.10 Å². The maximum absolute atomic E-state index is 12.2. The molecule has 21 heavy (non-hydrogen) atoms. The minimum atomic E-state index is -0.734. The molecular weight excluding hydrogens is 268 g/mol. The first-order chi connectivity index (χ1) is 9.93. The molecule has 0 bridgehead atoms. The summed E-state index contributed by atoms with van der Waals surface area (Å²) in [5.74, 6) is -0.538. The van der Waals surface area contributed by atoms with E-state index >= 15 is 0 Å². The van der Waals surface area contributed by atoms with Crippen molar-refractivity contribution in [2.45, 2.75) is 78.2 Å². The molecule has 4 heteroatoms. The average Bonchev–Trinajstić information content (AvgIpc) is 2.45. The first-order valence-corrected chi connectivity index (χ1v) is 8.37.